The molecule has 1 aromatic carbocycles. The second-order valence-corrected chi connectivity index (χ2v) is 17.3. The lowest BCUT2D eigenvalue weighted by molar-refractivity contribution is -0.147. The summed E-state index contributed by atoms with van der Waals surface area (Å²) in [6, 6.07) is 3.91. The Morgan fingerprint density at radius 1 is 1.19 bits per heavy atom. The number of thiazole rings is 1. The Kier molecular flexibility index (Phi) is 16.7. The van der Waals surface area contributed by atoms with Gasteiger partial charge in [-0.05, 0) is 49.9 Å². The number of aromatic nitrogens is 1. The number of rotatable bonds is 20. The number of hydrogen-bond acceptors (Lipinski definition) is 13. The number of aromatic hydroxyl groups is 1. The normalized spacial score (nSPS) is 16.9. The molecule has 1 aliphatic heterocycles. The number of imide groups is 1. The van der Waals surface area contributed by atoms with Crippen molar-refractivity contribution in [2.24, 2.45) is 11.8 Å². The van der Waals surface area contributed by atoms with Crippen molar-refractivity contribution in [3.8, 4) is 5.75 Å². The number of phenolic OH excluding ortho intramolecular Hbond substituents is 1. The molecule has 5 atom stereocenters. The fraction of sp³-hybridized carbons (Fsp3) is 0.559. The fourth-order valence-corrected chi connectivity index (χ4v) is 8.17. The number of anilines is 1. The van der Waals surface area contributed by atoms with Gasteiger partial charge >= 0.3 is 11.9 Å². The molecule has 0 spiro atoms. The smallest absolute Gasteiger partial charge is 0.306 e. The van der Waals surface area contributed by atoms with E-state index in [0.29, 0.717) is 17.0 Å². The number of halogens is 1. The summed E-state index contributed by atoms with van der Waals surface area (Å²) in [5.74, 6) is -3.79. The van der Waals surface area contributed by atoms with Gasteiger partial charge in [-0.3, -0.25) is 33.7 Å². The lowest BCUT2D eigenvalue weighted by Crippen LogP contribution is -2.39. The summed E-state index contributed by atoms with van der Waals surface area (Å²) >= 11 is 4.48. The first-order valence-corrected chi connectivity index (χ1v) is 19.5. The van der Waals surface area contributed by atoms with Gasteiger partial charge in [-0.25, -0.2) is 4.98 Å². The number of likely N-dealkylation sites (tertiary alicyclic amines) is 1. The van der Waals surface area contributed by atoms with E-state index >= 15 is 0 Å². The average Bonchev–Trinajstić information content (AvgIpc) is 3.65. The van der Waals surface area contributed by atoms with Crippen molar-refractivity contribution >= 4 is 87.4 Å². The van der Waals surface area contributed by atoms with Crippen LogP contribution >= 0.6 is 46.1 Å². The van der Waals surface area contributed by atoms with Crippen molar-refractivity contribution in [1.82, 2.24) is 23.0 Å². The van der Waals surface area contributed by atoms with E-state index in [1.807, 2.05) is 43.8 Å². The summed E-state index contributed by atoms with van der Waals surface area (Å²) in [6.07, 6.45) is 0.361. The molecular weight excluding hydrogens is 827 g/mol. The number of carbonyl (C=O) groups excluding carboxylic acids is 5. The van der Waals surface area contributed by atoms with Gasteiger partial charge in [0, 0.05) is 80.1 Å². The highest BCUT2D eigenvalue weighted by molar-refractivity contribution is 14.1. The van der Waals surface area contributed by atoms with Crippen LogP contribution < -0.4 is 16.0 Å². The highest BCUT2D eigenvalue weighted by atomic mass is 127. The van der Waals surface area contributed by atoms with Crippen LogP contribution in [0.2, 0.25) is 0 Å². The van der Waals surface area contributed by atoms with Crippen LogP contribution in [0, 0.1) is 11.8 Å². The Bertz CT molecular complexity index is 1610. The highest BCUT2D eigenvalue weighted by Gasteiger charge is 2.39. The molecule has 0 bridgehead atoms. The van der Waals surface area contributed by atoms with Gasteiger partial charge in [0.2, 0.25) is 17.7 Å². The Balaban J connectivity index is 1.68. The van der Waals surface area contributed by atoms with Crippen molar-refractivity contribution in [1.29, 1.82) is 0 Å². The lowest BCUT2D eigenvalue weighted by Gasteiger charge is -2.24. The predicted octanol–water partition coefficient (Wildman–Crippen LogP) is 4.32. The summed E-state index contributed by atoms with van der Waals surface area (Å²) in [5, 5.41) is 30.4. The van der Waals surface area contributed by atoms with Gasteiger partial charge in [-0.1, -0.05) is 38.8 Å². The first kappa shape index (κ1) is 43.1. The topological polar surface area (TPSA) is 208 Å². The minimum absolute atomic E-state index is 0.0133. The zero-order valence-electron chi connectivity index (χ0n) is 30.0. The van der Waals surface area contributed by atoms with Gasteiger partial charge in [0.15, 0.2) is 6.10 Å². The van der Waals surface area contributed by atoms with Crippen LogP contribution in [-0.2, 0) is 35.1 Å². The standard InChI is InChI=1S/C34H47IN6O9S2/c1-18(2)23(36-5)15-27(50-20(4)42)32-39-25(17-51-32)31(46)37-22(12-19(3)34(48)49)13-21-9-10-26(43)24(14-21)38-29(44)8-7-11-41-30(45)16-28(33(41)47)52-40(6)35/h9-10,14,17-19,22-23,27-28,36,43H,7-8,11-13,15-16H2,1-6H3,(H,37,46)(H,38,44)(H,48,49)/t19?,22-,23-,27-,28?/m1/s1. The molecule has 0 aliphatic carbocycles. The van der Waals surface area contributed by atoms with E-state index in [2.05, 4.69) is 20.9 Å². The molecule has 2 aromatic rings. The monoisotopic (exact) mass is 874 g/mol. The van der Waals surface area contributed by atoms with E-state index in [1.54, 1.807) is 27.1 Å². The van der Waals surface area contributed by atoms with E-state index in [4.69, 9.17) is 4.74 Å². The maximum Gasteiger partial charge on any atom is 0.306 e. The first-order valence-electron chi connectivity index (χ1n) is 16.8. The van der Waals surface area contributed by atoms with E-state index < -0.39 is 47.1 Å². The Hall–Kier alpha value is -3.33. The van der Waals surface area contributed by atoms with Crippen molar-refractivity contribution < 1.29 is 43.7 Å². The van der Waals surface area contributed by atoms with Crippen LogP contribution in [0.4, 0.5) is 5.69 Å². The predicted molar refractivity (Wildman–Crippen MR) is 206 cm³/mol. The molecule has 1 fully saturated rings. The van der Waals surface area contributed by atoms with Gasteiger partial charge in [-0.15, -0.1) is 11.3 Å². The van der Waals surface area contributed by atoms with Crippen LogP contribution in [0.15, 0.2) is 23.6 Å². The van der Waals surface area contributed by atoms with Gasteiger partial charge in [0.25, 0.3) is 5.91 Å². The van der Waals surface area contributed by atoms with Gasteiger partial charge in [-0.2, -0.15) is 2.52 Å². The molecule has 52 heavy (non-hydrogen) atoms. The van der Waals surface area contributed by atoms with E-state index in [1.165, 1.54) is 48.1 Å². The zero-order chi connectivity index (χ0) is 38.7. The second-order valence-electron chi connectivity index (χ2n) is 13.0. The SMILES string of the molecule is CN[C@H](C[C@@H](OC(C)=O)c1nc(C(=O)N[C@@H](Cc2ccc(O)c(NC(=O)CCCN3C(=O)CC(SN(C)I)C3=O)c2)CC(C)C(=O)O)cs1)C(C)C. The van der Waals surface area contributed by atoms with Crippen LogP contribution in [0.3, 0.4) is 0 Å². The van der Waals surface area contributed by atoms with E-state index in [9.17, 15) is 39.0 Å². The number of benzene rings is 1. The molecule has 15 nitrogen and oxygen atoms in total. The number of phenols is 1. The molecule has 2 heterocycles. The maximum atomic E-state index is 13.4. The number of hydrogen-bond donors (Lipinski definition) is 5. The number of esters is 1. The number of amides is 4. The number of carboxylic acid groups (broad SMARTS) is 1. The van der Waals surface area contributed by atoms with Crippen molar-refractivity contribution in [3.05, 3.63) is 39.8 Å². The molecule has 5 N–H and O–H groups in total. The van der Waals surface area contributed by atoms with Crippen LogP contribution in [0.25, 0.3) is 0 Å². The Morgan fingerprint density at radius 2 is 1.90 bits per heavy atom. The minimum Gasteiger partial charge on any atom is -0.506 e. The van der Waals surface area contributed by atoms with E-state index in [-0.39, 0.29) is 79.6 Å². The quantitative estimate of drug-likeness (QED) is 0.0314. The maximum absolute atomic E-state index is 13.4. The number of nitrogens with one attached hydrogen (secondary N) is 3. The third-order valence-electron chi connectivity index (χ3n) is 8.45. The third kappa shape index (κ3) is 13.0. The summed E-state index contributed by atoms with van der Waals surface area (Å²) in [5.41, 5.74) is 0.822. The number of nitrogens with zero attached hydrogens (tertiary/aromatic N) is 3. The van der Waals surface area contributed by atoms with Crippen molar-refractivity contribution in [2.45, 2.75) is 89.7 Å². The van der Waals surface area contributed by atoms with Crippen LogP contribution in [0.1, 0.15) is 87.0 Å². The second kappa shape index (κ2) is 20.2. The summed E-state index contributed by atoms with van der Waals surface area (Å²) in [4.78, 5) is 80.5. The third-order valence-corrected chi connectivity index (χ3v) is 11.0. The lowest BCUT2D eigenvalue weighted by atomic mass is 9.95. The average molecular weight is 875 g/mol. The molecular formula is C34H47IN6O9S2. The Morgan fingerprint density at radius 3 is 2.52 bits per heavy atom. The van der Waals surface area contributed by atoms with E-state index in [0.717, 1.165) is 0 Å². The van der Waals surface area contributed by atoms with Crippen molar-refractivity contribution in [2.75, 3.05) is 26.0 Å². The number of carboxylic acids is 1. The minimum atomic E-state index is -1.04. The van der Waals surface area contributed by atoms with Gasteiger partial charge in [0.1, 0.15) is 21.7 Å². The molecule has 18 heteroatoms. The van der Waals surface area contributed by atoms with Crippen LogP contribution in [0.5, 0.6) is 5.75 Å². The highest BCUT2D eigenvalue weighted by Crippen LogP contribution is 2.31. The molecule has 1 aliphatic rings. The Labute approximate surface area is 325 Å². The zero-order valence-corrected chi connectivity index (χ0v) is 33.8. The molecule has 4 amide bonds. The molecule has 286 valence electrons. The summed E-state index contributed by atoms with van der Waals surface area (Å²) in [6.45, 7) is 7.03. The summed E-state index contributed by atoms with van der Waals surface area (Å²) in [7, 11) is 3.61. The molecule has 0 saturated carbocycles. The largest absolute Gasteiger partial charge is 0.506 e. The molecule has 2 unspecified atom stereocenters. The van der Waals surface area contributed by atoms with Gasteiger partial charge in [0.05, 0.1) is 11.6 Å². The van der Waals surface area contributed by atoms with Crippen molar-refractivity contribution in [3.63, 3.8) is 0 Å². The molecule has 1 saturated heterocycles. The number of carbonyl (C=O) groups is 6. The van der Waals surface area contributed by atoms with Gasteiger partial charge < -0.3 is 30.9 Å². The van der Waals surface area contributed by atoms with Crippen LogP contribution in [-0.4, -0.2) is 96.2 Å². The fourth-order valence-electron chi connectivity index (χ4n) is 5.72. The summed E-state index contributed by atoms with van der Waals surface area (Å²) < 4.78 is 7.30. The molecule has 0 radical (unpaired) electrons. The number of aliphatic carboxylic acids is 1. The number of ether oxygens (including phenoxy) is 1. The molecule has 3 rings (SSSR count). The molecule has 1 aromatic heterocycles. The first-order chi connectivity index (χ1) is 24.5.